The highest BCUT2D eigenvalue weighted by Gasteiger charge is 2.11. The first kappa shape index (κ1) is 13.3. The average molecular weight is 279 g/mol. The lowest BCUT2D eigenvalue weighted by molar-refractivity contribution is -0.137. The van der Waals surface area contributed by atoms with E-state index in [-0.39, 0.29) is 12.3 Å². The molecule has 0 unspecified atom stereocenters. The van der Waals surface area contributed by atoms with Crippen LogP contribution in [-0.4, -0.2) is 33.7 Å². The number of thiophene rings is 1. The summed E-state index contributed by atoms with van der Waals surface area (Å²) in [4.78, 5) is 23.1. The minimum atomic E-state index is -0.867. The Hall–Kier alpha value is -2.15. The number of aliphatic carboxylic acids is 1. The van der Waals surface area contributed by atoms with Crippen LogP contribution in [0.25, 0.3) is 10.6 Å². The number of amides is 1. The third kappa shape index (κ3) is 3.65. The Kier molecular flexibility index (Phi) is 4.30. The molecule has 2 aromatic rings. The van der Waals surface area contributed by atoms with E-state index in [4.69, 9.17) is 5.11 Å². The second kappa shape index (κ2) is 6.14. The molecule has 0 aliphatic heterocycles. The molecule has 0 bridgehead atoms. The number of carbonyl (C=O) groups excluding carboxylic acids is 1. The molecule has 0 atom stereocenters. The van der Waals surface area contributed by atoms with Gasteiger partial charge in [-0.3, -0.25) is 14.7 Å². The van der Waals surface area contributed by atoms with Crippen LogP contribution in [0.2, 0.25) is 0 Å². The maximum atomic E-state index is 11.7. The van der Waals surface area contributed by atoms with E-state index in [0.29, 0.717) is 18.7 Å². The van der Waals surface area contributed by atoms with Crippen molar-refractivity contribution in [3.63, 3.8) is 0 Å². The van der Waals surface area contributed by atoms with Gasteiger partial charge in [-0.15, -0.1) is 11.3 Å². The van der Waals surface area contributed by atoms with Crippen LogP contribution in [0.15, 0.2) is 23.6 Å². The zero-order valence-corrected chi connectivity index (χ0v) is 10.9. The summed E-state index contributed by atoms with van der Waals surface area (Å²) in [5, 5.41) is 19.8. The topological polar surface area (TPSA) is 95.1 Å². The smallest absolute Gasteiger partial charge is 0.303 e. The molecule has 0 spiro atoms. The van der Waals surface area contributed by atoms with Crippen molar-refractivity contribution in [2.75, 3.05) is 6.54 Å². The molecule has 0 radical (unpaired) electrons. The van der Waals surface area contributed by atoms with E-state index in [1.807, 2.05) is 17.5 Å². The van der Waals surface area contributed by atoms with Gasteiger partial charge in [-0.05, 0) is 23.9 Å². The molecule has 3 N–H and O–H groups in total. The minimum absolute atomic E-state index is 0.0429. The van der Waals surface area contributed by atoms with Crippen molar-refractivity contribution in [3.05, 3.63) is 29.3 Å². The van der Waals surface area contributed by atoms with Crippen LogP contribution in [0, 0.1) is 0 Å². The van der Waals surface area contributed by atoms with Crippen molar-refractivity contribution in [2.24, 2.45) is 0 Å². The molecule has 2 rings (SSSR count). The van der Waals surface area contributed by atoms with Gasteiger partial charge < -0.3 is 10.4 Å². The molecule has 7 heteroatoms. The third-order valence-electron chi connectivity index (χ3n) is 2.45. The Morgan fingerprint density at radius 1 is 1.47 bits per heavy atom. The summed E-state index contributed by atoms with van der Waals surface area (Å²) in [7, 11) is 0. The molecule has 19 heavy (non-hydrogen) atoms. The number of aromatic amines is 1. The molecule has 100 valence electrons. The lowest BCUT2D eigenvalue weighted by Crippen LogP contribution is -2.25. The largest absolute Gasteiger partial charge is 0.481 e. The zero-order valence-electron chi connectivity index (χ0n) is 10.0. The quantitative estimate of drug-likeness (QED) is 0.702. The van der Waals surface area contributed by atoms with Gasteiger partial charge in [0.2, 0.25) is 0 Å². The van der Waals surface area contributed by atoms with Crippen LogP contribution in [-0.2, 0) is 4.79 Å². The maximum absolute atomic E-state index is 11.7. The fourth-order valence-electron chi connectivity index (χ4n) is 1.53. The van der Waals surface area contributed by atoms with Crippen molar-refractivity contribution < 1.29 is 14.7 Å². The lowest BCUT2D eigenvalue weighted by Gasteiger charge is -2.00. The summed E-state index contributed by atoms with van der Waals surface area (Å²) in [6.07, 6.45) is 0.449. The Morgan fingerprint density at radius 3 is 3.00 bits per heavy atom. The van der Waals surface area contributed by atoms with Crippen LogP contribution in [0.1, 0.15) is 23.3 Å². The summed E-state index contributed by atoms with van der Waals surface area (Å²) in [6, 6.07) is 5.54. The number of carboxylic acids is 1. The fraction of sp³-hybridized carbons (Fsp3) is 0.250. The van der Waals surface area contributed by atoms with Crippen molar-refractivity contribution in [1.29, 1.82) is 0 Å². The number of hydrogen-bond acceptors (Lipinski definition) is 4. The third-order valence-corrected chi connectivity index (χ3v) is 3.35. The molecule has 6 nitrogen and oxygen atoms in total. The number of nitrogens with one attached hydrogen (secondary N) is 2. The van der Waals surface area contributed by atoms with Gasteiger partial charge in [0.25, 0.3) is 5.91 Å². The van der Waals surface area contributed by atoms with Crippen LogP contribution in [0.3, 0.4) is 0 Å². The molecule has 0 aromatic carbocycles. The van der Waals surface area contributed by atoms with E-state index in [9.17, 15) is 9.59 Å². The van der Waals surface area contributed by atoms with Gasteiger partial charge in [-0.2, -0.15) is 5.10 Å². The van der Waals surface area contributed by atoms with Crippen LogP contribution < -0.4 is 5.32 Å². The Labute approximate surface area is 113 Å². The number of nitrogens with zero attached hydrogens (tertiary/aromatic N) is 1. The SMILES string of the molecule is O=C(O)CCCNC(=O)c1cc(-c2cccs2)[nH]n1. The molecule has 0 saturated heterocycles. The molecule has 0 aliphatic carbocycles. The Bertz CT molecular complexity index is 563. The Balaban J connectivity index is 1.88. The first-order valence-corrected chi connectivity index (χ1v) is 6.64. The molecule has 2 heterocycles. The average Bonchev–Trinajstić information content (AvgIpc) is 3.03. The van der Waals surface area contributed by atoms with E-state index in [2.05, 4.69) is 15.5 Å². The zero-order chi connectivity index (χ0) is 13.7. The van der Waals surface area contributed by atoms with Crippen LogP contribution in [0.5, 0.6) is 0 Å². The minimum Gasteiger partial charge on any atom is -0.481 e. The van der Waals surface area contributed by atoms with E-state index in [1.54, 1.807) is 17.4 Å². The van der Waals surface area contributed by atoms with Crippen LogP contribution in [0.4, 0.5) is 0 Å². The first-order valence-electron chi connectivity index (χ1n) is 5.76. The van der Waals surface area contributed by atoms with E-state index in [1.165, 1.54) is 0 Å². The summed E-state index contributed by atoms with van der Waals surface area (Å²) >= 11 is 1.56. The standard InChI is InChI=1S/C12H13N3O3S/c16-11(17)4-1-5-13-12(18)9-7-8(14-15-9)10-3-2-6-19-10/h2-3,6-7H,1,4-5H2,(H,13,18)(H,14,15)(H,16,17). The molecule has 0 fully saturated rings. The number of hydrogen-bond donors (Lipinski definition) is 3. The highest BCUT2D eigenvalue weighted by atomic mass is 32.1. The monoisotopic (exact) mass is 279 g/mol. The normalized spacial score (nSPS) is 10.3. The maximum Gasteiger partial charge on any atom is 0.303 e. The van der Waals surface area contributed by atoms with Gasteiger partial charge in [-0.25, -0.2) is 0 Å². The van der Waals surface area contributed by atoms with Gasteiger partial charge in [0.1, 0.15) is 0 Å². The summed E-state index contributed by atoms with van der Waals surface area (Å²) in [6.45, 7) is 0.326. The number of H-pyrrole nitrogens is 1. The van der Waals surface area contributed by atoms with Gasteiger partial charge in [0, 0.05) is 13.0 Å². The summed E-state index contributed by atoms with van der Waals surface area (Å²) in [5.41, 5.74) is 1.10. The fourth-order valence-corrected chi connectivity index (χ4v) is 2.22. The second-order valence-corrected chi connectivity index (χ2v) is 4.85. The molecule has 1 amide bonds. The van der Waals surface area contributed by atoms with Crippen molar-refractivity contribution in [2.45, 2.75) is 12.8 Å². The highest BCUT2D eigenvalue weighted by Crippen LogP contribution is 2.22. The molecule has 0 aliphatic rings. The van der Waals surface area contributed by atoms with Crippen molar-refractivity contribution in [1.82, 2.24) is 15.5 Å². The summed E-state index contributed by atoms with van der Waals surface area (Å²) < 4.78 is 0. The molecule has 0 saturated carbocycles. The number of aromatic nitrogens is 2. The van der Waals surface area contributed by atoms with Gasteiger partial charge in [-0.1, -0.05) is 6.07 Å². The van der Waals surface area contributed by atoms with Crippen molar-refractivity contribution >= 4 is 23.2 Å². The van der Waals surface area contributed by atoms with E-state index >= 15 is 0 Å². The number of carbonyl (C=O) groups is 2. The molecular weight excluding hydrogens is 266 g/mol. The van der Waals surface area contributed by atoms with E-state index < -0.39 is 5.97 Å². The predicted octanol–water partition coefficient (Wildman–Crippen LogP) is 1.73. The predicted molar refractivity (Wildman–Crippen MR) is 71.1 cm³/mol. The first-order chi connectivity index (χ1) is 9.16. The van der Waals surface area contributed by atoms with Crippen LogP contribution >= 0.6 is 11.3 Å². The number of carboxylic acid groups (broad SMARTS) is 1. The highest BCUT2D eigenvalue weighted by molar-refractivity contribution is 7.13. The number of rotatable bonds is 6. The lowest BCUT2D eigenvalue weighted by atomic mass is 10.3. The van der Waals surface area contributed by atoms with Gasteiger partial charge >= 0.3 is 5.97 Å². The second-order valence-electron chi connectivity index (χ2n) is 3.90. The molecular formula is C12H13N3O3S. The Morgan fingerprint density at radius 2 is 2.32 bits per heavy atom. The molecule has 2 aromatic heterocycles. The van der Waals surface area contributed by atoms with Gasteiger partial charge in [0.05, 0.1) is 10.6 Å². The van der Waals surface area contributed by atoms with E-state index in [0.717, 1.165) is 10.6 Å². The van der Waals surface area contributed by atoms with Gasteiger partial charge in [0.15, 0.2) is 5.69 Å². The van der Waals surface area contributed by atoms with Crippen molar-refractivity contribution in [3.8, 4) is 10.6 Å². The summed E-state index contributed by atoms with van der Waals surface area (Å²) in [5.74, 6) is -1.17.